The van der Waals surface area contributed by atoms with Gasteiger partial charge in [-0.1, -0.05) is 24.3 Å². The van der Waals surface area contributed by atoms with Gasteiger partial charge >= 0.3 is 0 Å². The topological polar surface area (TPSA) is 66.7 Å². The summed E-state index contributed by atoms with van der Waals surface area (Å²) >= 11 is 0. The second-order valence-electron chi connectivity index (χ2n) is 7.27. The Morgan fingerprint density at radius 1 is 1.14 bits per heavy atom. The molecule has 2 heterocycles. The number of carbonyl (C=O) groups excluding carboxylic acids is 1. The molecule has 4 rings (SSSR count). The van der Waals surface area contributed by atoms with E-state index >= 15 is 0 Å². The number of nitrogens with zero attached hydrogens (tertiary/aromatic N) is 3. The number of nitrogens with one attached hydrogen (secondary N) is 1. The highest BCUT2D eigenvalue weighted by molar-refractivity contribution is 6.02. The number of rotatable bonds is 4. The van der Waals surface area contributed by atoms with Crippen LogP contribution in [0.25, 0.3) is 27.3 Å². The Balaban J connectivity index is 1.85. The quantitative estimate of drug-likeness (QED) is 0.558. The van der Waals surface area contributed by atoms with Crippen molar-refractivity contribution in [2.75, 3.05) is 20.6 Å². The van der Waals surface area contributed by atoms with E-state index in [-0.39, 0.29) is 17.5 Å². The van der Waals surface area contributed by atoms with E-state index in [4.69, 9.17) is 0 Å². The predicted octanol–water partition coefficient (Wildman–Crippen LogP) is 2.68. The van der Waals surface area contributed by atoms with Gasteiger partial charge in [0.25, 0.3) is 11.5 Å². The van der Waals surface area contributed by atoms with Crippen LogP contribution in [0.4, 0.5) is 0 Å². The molecule has 1 amide bonds. The van der Waals surface area contributed by atoms with Gasteiger partial charge in [0, 0.05) is 18.8 Å². The minimum Gasteiger partial charge on any atom is -0.350 e. The van der Waals surface area contributed by atoms with E-state index in [9.17, 15) is 9.59 Å². The van der Waals surface area contributed by atoms with E-state index in [2.05, 4.69) is 10.3 Å². The number of pyridine rings is 1. The minimum atomic E-state index is -0.237. The maximum atomic E-state index is 13.0. The van der Waals surface area contributed by atoms with Crippen LogP contribution < -0.4 is 10.9 Å². The molecule has 0 unspecified atom stereocenters. The molecule has 142 valence electrons. The van der Waals surface area contributed by atoms with E-state index in [0.717, 1.165) is 10.8 Å². The standard InChI is InChI=1S/C22H22N4O2/c1-14(25(2)3)13-23-21(27)17-9-6-10-26-20(17)24-19-12-16-8-5-4-7-15(16)11-18(19)22(26)28/h4-12,14H,13H2,1-3H3,(H,23,27)/t14-/m0/s1. The van der Waals surface area contributed by atoms with Gasteiger partial charge in [-0.15, -0.1) is 0 Å². The lowest BCUT2D eigenvalue weighted by Gasteiger charge is -2.20. The average Bonchev–Trinajstić information content (AvgIpc) is 2.70. The maximum absolute atomic E-state index is 13.0. The molecule has 0 saturated heterocycles. The summed E-state index contributed by atoms with van der Waals surface area (Å²) in [7, 11) is 3.93. The monoisotopic (exact) mass is 374 g/mol. The van der Waals surface area contributed by atoms with Gasteiger partial charge in [-0.25, -0.2) is 4.98 Å². The third-order valence-corrected chi connectivity index (χ3v) is 5.19. The highest BCUT2D eigenvalue weighted by atomic mass is 16.2. The Kier molecular flexibility index (Phi) is 4.57. The lowest BCUT2D eigenvalue weighted by Crippen LogP contribution is -2.38. The van der Waals surface area contributed by atoms with E-state index in [0.29, 0.717) is 28.7 Å². The number of fused-ring (bicyclic) bond motifs is 3. The fraction of sp³-hybridized carbons (Fsp3) is 0.227. The summed E-state index contributed by atoms with van der Waals surface area (Å²) in [6, 6.07) is 15.2. The van der Waals surface area contributed by atoms with Crippen LogP contribution in [0.3, 0.4) is 0 Å². The van der Waals surface area contributed by atoms with Crippen molar-refractivity contribution in [3.05, 3.63) is 70.6 Å². The first-order valence-electron chi connectivity index (χ1n) is 9.24. The smallest absolute Gasteiger partial charge is 0.265 e. The third kappa shape index (κ3) is 3.12. The molecule has 0 aliphatic heterocycles. The van der Waals surface area contributed by atoms with Crippen LogP contribution in [0, 0.1) is 0 Å². The molecular formula is C22H22N4O2. The number of hydrogen-bond donors (Lipinski definition) is 1. The molecule has 0 spiro atoms. The Labute approximate surface area is 162 Å². The Morgan fingerprint density at radius 2 is 1.86 bits per heavy atom. The van der Waals surface area contributed by atoms with Crippen molar-refractivity contribution in [3.63, 3.8) is 0 Å². The van der Waals surface area contributed by atoms with Gasteiger partial charge in [-0.05, 0) is 56.1 Å². The lowest BCUT2D eigenvalue weighted by molar-refractivity contribution is 0.0944. The highest BCUT2D eigenvalue weighted by Gasteiger charge is 2.16. The summed E-state index contributed by atoms with van der Waals surface area (Å²) in [6.45, 7) is 2.54. The van der Waals surface area contributed by atoms with Crippen molar-refractivity contribution in [1.82, 2.24) is 19.6 Å². The van der Waals surface area contributed by atoms with Crippen LogP contribution in [0.15, 0.2) is 59.5 Å². The van der Waals surface area contributed by atoms with E-state index in [1.165, 1.54) is 4.40 Å². The molecule has 0 aliphatic carbocycles. The van der Waals surface area contributed by atoms with E-state index in [1.807, 2.05) is 62.3 Å². The van der Waals surface area contributed by atoms with Gasteiger partial charge in [0.05, 0.1) is 16.5 Å². The van der Waals surface area contributed by atoms with Crippen LogP contribution in [-0.2, 0) is 0 Å². The molecule has 0 fully saturated rings. The van der Waals surface area contributed by atoms with Gasteiger partial charge in [-0.2, -0.15) is 0 Å². The van der Waals surface area contributed by atoms with Crippen molar-refractivity contribution in [1.29, 1.82) is 0 Å². The summed E-state index contributed by atoms with van der Waals surface area (Å²) in [4.78, 5) is 32.5. The molecule has 28 heavy (non-hydrogen) atoms. The molecule has 0 aliphatic rings. The average molecular weight is 374 g/mol. The van der Waals surface area contributed by atoms with Crippen LogP contribution in [0.5, 0.6) is 0 Å². The van der Waals surface area contributed by atoms with Gasteiger partial charge < -0.3 is 10.2 Å². The molecule has 0 bridgehead atoms. The zero-order valence-electron chi connectivity index (χ0n) is 16.1. The number of likely N-dealkylation sites (N-methyl/N-ethyl adjacent to an activating group) is 1. The van der Waals surface area contributed by atoms with Crippen molar-refractivity contribution in [2.45, 2.75) is 13.0 Å². The maximum Gasteiger partial charge on any atom is 0.265 e. The van der Waals surface area contributed by atoms with Crippen LogP contribution in [0.2, 0.25) is 0 Å². The van der Waals surface area contributed by atoms with Crippen molar-refractivity contribution in [2.24, 2.45) is 0 Å². The van der Waals surface area contributed by atoms with Crippen molar-refractivity contribution >= 4 is 33.2 Å². The molecule has 2 aromatic carbocycles. The van der Waals surface area contributed by atoms with Crippen LogP contribution in [0.1, 0.15) is 17.3 Å². The fourth-order valence-electron chi connectivity index (χ4n) is 3.21. The molecule has 1 N–H and O–H groups in total. The molecule has 0 saturated carbocycles. The Hall–Kier alpha value is -3.25. The first kappa shape index (κ1) is 18.1. The zero-order chi connectivity index (χ0) is 19.8. The zero-order valence-corrected chi connectivity index (χ0v) is 16.1. The van der Waals surface area contributed by atoms with Crippen molar-refractivity contribution < 1.29 is 4.79 Å². The number of hydrogen-bond acceptors (Lipinski definition) is 4. The fourth-order valence-corrected chi connectivity index (χ4v) is 3.21. The summed E-state index contributed by atoms with van der Waals surface area (Å²) in [5.41, 5.74) is 1.17. The van der Waals surface area contributed by atoms with Crippen molar-refractivity contribution in [3.8, 4) is 0 Å². The predicted molar refractivity (Wildman–Crippen MR) is 112 cm³/mol. The number of amides is 1. The molecule has 0 radical (unpaired) electrons. The molecule has 6 nitrogen and oxygen atoms in total. The first-order valence-corrected chi connectivity index (χ1v) is 9.24. The van der Waals surface area contributed by atoms with Gasteiger partial charge in [0.2, 0.25) is 0 Å². The van der Waals surface area contributed by atoms with Gasteiger partial charge in [0.1, 0.15) is 0 Å². The molecule has 4 aromatic rings. The third-order valence-electron chi connectivity index (χ3n) is 5.19. The normalized spacial score (nSPS) is 12.7. The number of carbonyl (C=O) groups is 1. The highest BCUT2D eigenvalue weighted by Crippen LogP contribution is 2.20. The van der Waals surface area contributed by atoms with Crippen LogP contribution >= 0.6 is 0 Å². The largest absolute Gasteiger partial charge is 0.350 e. The molecule has 6 heteroatoms. The van der Waals surface area contributed by atoms with Gasteiger partial charge in [0.15, 0.2) is 5.65 Å². The second-order valence-corrected chi connectivity index (χ2v) is 7.27. The van der Waals surface area contributed by atoms with Gasteiger partial charge in [-0.3, -0.25) is 14.0 Å². The minimum absolute atomic E-state index is 0.179. The molecular weight excluding hydrogens is 352 g/mol. The first-order chi connectivity index (χ1) is 13.5. The number of aromatic nitrogens is 2. The molecule has 1 atom stereocenters. The summed E-state index contributed by atoms with van der Waals surface area (Å²) < 4.78 is 1.45. The Bertz CT molecular complexity index is 1260. The van der Waals surface area contributed by atoms with E-state index < -0.39 is 0 Å². The summed E-state index contributed by atoms with van der Waals surface area (Å²) in [5, 5.41) is 5.46. The summed E-state index contributed by atoms with van der Waals surface area (Å²) in [5.74, 6) is -0.237. The second kappa shape index (κ2) is 7.05. The molecule has 2 aromatic heterocycles. The number of benzene rings is 2. The van der Waals surface area contributed by atoms with E-state index in [1.54, 1.807) is 18.3 Å². The van der Waals surface area contributed by atoms with Crippen LogP contribution in [-0.4, -0.2) is 46.9 Å². The summed E-state index contributed by atoms with van der Waals surface area (Å²) in [6.07, 6.45) is 1.65. The SMILES string of the molecule is C[C@@H](CNC(=O)c1cccn2c(=O)c3cc4ccccc4cc3nc12)N(C)C. The lowest BCUT2D eigenvalue weighted by atomic mass is 10.1. The Morgan fingerprint density at radius 3 is 2.57 bits per heavy atom.